The fourth-order valence-corrected chi connectivity index (χ4v) is 2.78. The summed E-state index contributed by atoms with van der Waals surface area (Å²) in [4.78, 5) is 32.0. The van der Waals surface area contributed by atoms with Crippen molar-refractivity contribution in [3.8, 4) is 0 Å². The van der Waals surface area contributed by atoms with Crippen LogP contribution in [0.5, 0.6) is 0 Å². The maximum atomic E-state index is 12.3. The zero-order valence-corrected chi connectivity index (χ0v) is 12.8. The van der Waals surface area contributed by atoms with Gasteiger partial charge in [0, 0.05) is 5.56 Å². The molecular weight excluding hydrogens is 336 g/mol. The van der Waals surface area contributed by atoms with Gasteiger partial charge in [-0.2, -0.15) is 12.4 Å². The van der Waals surface area contributed by atoms with E-state index in [1.807, 2.05) is 0 Å². The first-order valence-corrected chi connectivity index (χ1v) is 7.96. The van der Waals surface area contributed by atoms with Gasteiger partial charge < -0.3 is 5.73 Å². The molecule has 122 valence electrons. The molecule has 0 aliphatic heterocycles. The van der Waals surface area contributed by atoms with Crippen molar-refractivity contribution in [1.82, 2.24) is 13.9 Å². The SMILES string of the molecule is Nc1nc2ccc(C(=O)C(=O)c3ccccc3)nc2n1S(=O)(=O)O. The Balaban J connectivity index is 2.11. The van der Waals surface area contributed by atoms with Crippen LogP contribution in [0.15, 0.2) is 42.5 Å². The van der Waals surface area contributed by atoms with E-state index in [4.69, 9.17) is 5.73 Å². The molecule has 3 aromatic rings. The lowest BCUT2D eigenvalue weighted by Crippen LogP contribution is -2.17. The summed E-state index contributed by atoms with van der Waals surface area (Å²) in [6.45, 7) is 0. The average molecular weight is 346 g/mol. The molecule has 3 N–H and O–H groups in total. The van der Waals surface area contributed by atoms with E-state index >= 15 is 0 Å². The molecule has 2 aromatic heterocycles. The van der Waals surface area contributed by atoms with Crippen molar-refractivity contribution in [3.05, 3.63) is 53.7 Å². The number of Topliss-reactive ketones (excluding diaryl/α,β-unsaturated/α-hetero) is 2. The minimum atomic E-state index is -4.76. The molecule has 0 unspecified atom stereocenters. The number of nitrogens with zero attached hydrogens (tertiary/aromatic N) is 3. The number of ketones is 2. The first kappa shape index (κ1) is 15.8. The third-order valence-electron chi connectivity index (χ3n) is 3.20. The van der Waals surface area contributed by atoms with E-state index < -0.39 is 27.8 Å². The van der Waals surface area contributed by atoms with Gasteiger partial charge in [0.1, 0.15) is 11.2 Å². The number of hydrogen-bond acceptors (Lipinski definition) is 7. The number of pyridine rings is 1. The smallest absolute Gasteiger partial charge is 0.368 e. The highest BCUT2D eigenvalue weighted by atomic mass is 32.2. The Kier molecular flexibility index (Phi) is 3.62. The second-order valence-electron chi connectivity index (χ2n) is 4.78. The summed E-state index contributed by atoms with van der Waals surface area (Å²) < 4.78 is 32.2. The molecule has 0 aliphatic rings. The van der Waals surface area contributed by atoms with Gasteiger partial charge in [-0.3, -0.25) is 14.1 Å². The van der Waals surface area contributed by atoms with Crippen LogP contribution >= 0.6 is 0 Å². The van der Waals surface area contributed by atoms with E-state index in [9.17, 15) is 22.6 Å². The number of carbonyl (C=O) groups excluding carboxylic acids is 2. The van der Waals surface area contributed by atoms with Crippen molar-refractivity contribution in [3.63, 3.8) is 0 Å². The minimum Gasteiger partial charge on any atom is -0.368 e. The van der Waals surface area contributed by atoms with Crippen LogP contribution in [-0.4, -0.2) is 38.5 Å². The highest BCUT2D eigenvalue weighted by Gasteiger charge is 2.24. The van der Waals surface area contributed by atoms with Crippen molar-refractivity contribution < 1.29 is 22.6 Å². The summed E-state index contributed by atoms with van der Waals surface area (Å²) in [7, 11) is -4.76. The van der Waals surface area contributed by atoms with Gasteiger partial charge >= 0.3 is 10.3 Å². The second kappa shape index (κ2) is 5.51. The van der Waals surface area contributed by atoms with Crippen LogP contribution < -0.4 is 5.73 Å². The van der Waals surface area contributed by atoms with Gasteiger partial charge in [-0.25, -0.2) is 9.97 Å². The molecule has 10 heteroatoms. The molecule has 0 amide bonds. The molecule has 0 spiro atoms. The van der Waals surface area contributed by atoms with Gasteiger partial charge in [-0.1, -0.05) is 30.3 Å². The van der Waals surface area contributed by atoms with Gasteiger partial charge in [0.15, 0.2) is 5.65 Å². The molecule has 3 rings (SSSR count). The zero-order valence-electron chi connectivity index (χ0n) is 11.9. The Morgan fingerprint density at radius 3 is 2.29 bits per heavy atom. The van der Waals surface area contributed by atoms with Gasteiger partial charge in [0.2, 0.25) is 11.7 Å². The molecule has 0 atom stereocenters. The largest absolute Gasteiger partial charge is 0.368 e. The van der Waals surface area contributed by atoms with Crippen LogP contribution in [0.2, 0.25) is 0 Å². The molecule has 0 aliphatic carbocycles. The molecule has 0 saturated carbocycles. The standard InChI is InChI=1S/C14H10N4O5S/c15-14-17-10-7-6-9(16-13(10)18(14)24(21,22)23)12(20)11(19)8-4-2-1-3-5-8/h1-7H,(H2,15,17)(H,21,22,23). The van der Waals surface area contributed by atoms with Gasteiger partial charge in [-0.05, 0) is 12.1 Å². The summed E-state index contributed by atoms with van der Waals surface area (Å²) in [6.07, 6.45) is 0. The summed E-state index contributed by atoms with van der Waals surface area (Å²) in [5, 5.41) is 0. The maximum Gasteiger partial charge on any atom is 0.368 e. The summed E-state index contributed by atoms with van der Waals surface area (Å²) in [5.74, 6) is -2.24. The van der Waals surface area contributed by atoms with Crippen molar-refractivity contribution in [2.75, 3.05) is 5.73 Å². The number of fused-ring (bicyclic) bond motifs is 1. The number of aromatic nitrogens is 3. The predicted molar refractivity (Wildman–Crippen MR) is 84.0 cm³/mol. The highest BCUT2D eigenvalue weighted by Crippen LogP contribution is 2.19. The monoisotopic (exact) mass is 346 g/mol. The van der Waals surface area contributed by atoms with Crippen LogP contribution in [0.4, 0.5) is 5.95 Å². The van der Waals surface area contributed by atoms with Crippen molar-refractivity contribution >= 4 is 39.0 Å². The Hall–Kier alpha value is -3.11. The van der Waals surface area contributed by atoms with E-state index in [-0.39, 0.29) is 26.4 Å². The molecule has 9 nitrogen and oxygen atoms in total. The summed E-state index contributed by atoms with van der Waals surface area (Å²) in [6, 6.07) is 10.4. The average Bonchev–Trinajstić information content (AvgIpc) is 2.89. The van der Waals surface area contributed by atoms with E-state index in [1.165, 1.54) is 24.3 Å². The predicted octanol–water partition coefficient (Wildman–Crippen LogP) is 0.730. The van der Waals surface area contributed by atoms with Crippen LogP contribution in [0.25, 0.3) is 11.2 Å². The maximum absolute atomic E-state index is 12.3. The van der Waals surface area contributed by atoms with Gasteiger partial charge in [0.25, 0.3) is 5.78 Å². The number of imidazole rings is 1. The zero-order chi connectivity index (χ0) is 17.5. The Morgan fingerprint density at radius 2 is 1.67 bits per heavy atom. The normalized spacial score (nSPS) is 11.5. The lowest BCUT2D eigenvalue weighted by Gasteiger charge is -2.02. The fraction of sp³-hybridized carbons (Fsp3) is 0. The molecular formula is C14H10N4O5S. The lowest BCUT2D eigenvalue weighted by molar-refractivity contribution is 0.0814. The number of carbonyl (C=O) groups is 2. The topological polar surface area (TPSA) is 145 Å². The molecule has 24 heavy (non-hydrogen) atoms. The van der Waals surface area contributed by atoms with Crippen LogP contribution in [0.1, 0.15) is 20.8 Å². The van der Waals surface area contributed by atoms with E-state index in [0.717, 1.165) is 0 Å². The number of benzene rings is 1. The van der Waals surface area contributed by atoms with E-state index in [1.54, 1.807) is 18.2 Å². The Bertz CT molecular complexity index is 1070. The van der Waals surface area contributed by atoms with E-state index in [0.29, 0.717) is 0 Å². The summed E-state index contributed by atoms with van der Waals surface area (Å²) >= 11 is 0. The Labute approximate surface area is 135 Å². The molecule has 0 saturated heterocycles. The van der Waals surface area contributed by atoms with Gasteiger partial charge in [0.05, 0.1) is 0 Å². The molecule has 1 aromatic carbocycles. The first-order chi connectivity index (χ1) is 11.3. The van der Waals surface area contributed by atoms with E-state index in [2.05, 4.69) is 9.97 Å². The van der Waals surface area contributed by atoms with Crippen molar-refractivity contribution in [2.24, 2.45) is 0 Å². The minimum absolute atomic E-state index is 0.0498. The molecule has 0 fully saturated rings. The first-order valence-electron chi connectivity index (χ1n) is 6.56. The summed E-state index contributed by atoms with van der Waals surface area (Å²) in [5.41, 5.74) is 5.02. The number of anilines is 1. The van der Waals surface area contributed by atoms with Crippen molar-refractivity contribution in [1.29, 1.82) is 0 Å². The van der Waals surface area contributed by atoms with Crippen molar-refractivity contribution in [2.45, 2.75) is 0 Å². The van der Waals surface area contributed by atoms with Crippen LogP contribution in [0.3, 0.4) is 0 Å². The van der Waals surface area contributed by atoms with Crippen LogP contribution in [0, 0.1) is 0 Å². The third kappa shape index (κ3) is 2.64. The number of nitrogens with two attached hydrogens (primary N) is 1. The quantitative estimate of drug-likeness (QED) is 0.399. The second-order valence-corrected chi connectivity index (χ2v) is 6.04. The number of hydrogen-bond donors (Lipinski definition) is 2. The Morgan fingerprint density at radius 1 is 1.00 bits per heavy atom. The van der Waals surface area contributed by atoms with Gasteiger partial charge in [-0.15, -0.1) is 0 Å². The molecule has 2 heterocycles. The van der Waals surface area contributed by atoms with Crippen LogP contribution in [-0.2, 0) is 10.3 Å². The number of rotatable bonds is 4. The molecule has 0 bridgehead atoms. The molecule has 0 radical (unpaired) electrons. The lowest BCUT2D eigenvalue weighted by atomic mass is 10.1. The third-order valence-corrected chi connectivity index (χ3v) is 4.02. The number of nitrogen functional groups attached to an aromatic ring is 1. The highest BCUT2D eigenvalue weighted by molar-refractivity contribution is 7.84. The fourth-order valence-electron chi connectivity index (χ4n) is 2.15.